The zero-order valence-corrected chi connectivity index (χ0v) is 17.7. The van der Waals surface area contributed by atoms with Gasteiger partial charge in [0.2, 0.25) is 17.8 Å². The number of carbonyl (C=O) groups is 2. The van der Waals surface area contributed by atoms with E-state index in [1.807, 2.05) is 13.0 Å². The Kier molecular flexibility index (Phi) is 6.84. The summed E-state index contributed by atoms with van der Waals surface area (Å²) < 4.78 is 0. The standard InChI is InChI=1S/C22H21ClN6O2/c1-3-6-19(30)26-16-7-4-5-8-17(16)27-21-15(23)12-25-22(29-21)28-18-11-14(20(24)31)10-9-13(18)2/h3-12H,1-2H3,(H2,24,31)(H,26,30)(H2,25,27,28,29). The number of carbonyl (C=O) groups excluding carboxylic acids is 2. The maximum absolute atomic E-state index is 11.9. The summed E-state index contributed by atoms with van der Waals surface area (Å²) in [6.07, 6.45) is 4.53. The van der Waals surface area contributed by atoms with Gasteiger partial charge < -0.3 is 21.7 Å². The van der Waals surface area contributed by atoms with Gasteiger partial charge in [-0.2, -0.15) is 4.98 Å². The Labute approximate surface area is 184 Å². The number of amides is 2. The van der Waals surface area contributed by atoms with Gasteiger partial charge in [0.1, 0.15) is 5.02 Å². The first-order chi connectivity index (χ1) is 14.9. The Morgan fingerprint density at radius 1 is 1.06 bits per heavy atom. The van der Waals surface area contributed by atoms with E-state index in [9.17, 15) is 9.59 Å². The monoisotopic (exact) mass is 436 g/mol. The minimum Gasteiger partial charge on any atom is -0.366 e. The van der Waals surface area contributed by atoms with Crippen molar-refractivity contribution in [1.29, 1.82) is 0 Å². The number of halogens is 1. The lowest BCUT2D eigenvalue weighted by Crippen LogP contribution is -2.11. The van der Waals surface area contributed by atoms with Gasteiger partial charge >= 0.3 is 0 Å². The van der Waals surface area contributed by atoms with E-state index in [1.54, 1.807) is 49.4 Å². The van der Waals surface area contributed by atoms with Gasteiger partial charge in [0.15, 0.2) is 5.82 Å². The third kappa shape index (κ3) is 5.58. The highest BCUT2D eigenvalue weighted by atomic mass is 35.5. The van der Waals surface area contributed by atoms with Crippen LogP contribution in [-0.4, -0.2) is 21.8 Å². The first-order valence-electron chi connectivity index (χ1n) is 9.37. The molecule has 0 spiro atoms. The molecule has 3 aromatic rings. The Bertz CT molecular complexity index is 1160. The van der Waals surface area contributed by atoms with E-state index in [0.29, 0.717) is 33.5 Å². The summed E-state index contributed by atoms with van der Waals surface area (Å²) in [6.45, 7) is 3.64. The number of aryl methyl sites for hydroxylation is 1. The van der Waals surface area contributed by atoms with Crippen LogP contribution >= 0.6 is 11.6 Å². The lowest BCUT2D eigenvalue weighted by Gasteiger charge is -2.14. The Hall–Kier alpha value is -3.91. The van der Waals surface area contributed by atoms with E-state index >= 15 is 0 Å². The van der Waals surface area contributed by atoms with Crippen molar-refractivity contribution in [1.82, 2.24) is 9.97 Å². The van der Waals surface area contributed by atoms with Crippen LogP contribution in [0.3, 0.4) is 0 Å². The molecule has 0 atom stereocenters. The summed E-state index contributed by atoms with van der Waals surface area (Å²) in [4.78, 5) is 32.0. The molecule has 0 radical (unpaired) electrons. The predicted molar refractivity (Wildman–Crippen MR) is 123 cm³/mol. The van der Waals surface area contributed by atoms with Gasteiger partial charge in [0.25, 0.3) is 0 Å². The Morgan fingerprint density at radius 3 is 2.52 bits per heavy atom. The number of rotatable bonds is 7. The molecule has 1 heterocycles. The van der Waals surface area contributed by atoms with E-state index in [-0.39, 0.29) is 11.9 Å². The van der Waals surface area contributed by atoms with E-state index in [4.69, 9.17) is 17.3 Å². The summed E-state index contributed by atoms with van der Waals surface area (Å²) in [5.74, 6) is -0.167. The van der Waals surface area contributed by atoms with Crippen LogP contribution in [0.1, 0.15) is 22.8 Å². The summed E-state index contributed by atoms with van der Waals surface area (Å²) in [5.41, 5.74) is 8.44. The number of aromatic nitrogens is 2. The van der Waals surface area contributed by atoms with Crippen molar-refractivity contribution in [2.75, 3.05) is 16.0 Å². The quantitative estimate of drug-likeness (QED) is 0.403. The van der Waals surface area contributed by atoms with Crippen molar-refractivity contribution in [2.24, 2.45) is 5.73 Å². The van der Waals surface area contributed by atoms with Gasteiger partial charge in [-0.3, -0.25) is 9.59 Å². The molecule has 0 saturated carbocycles. The van der Waals surface area contributed by atoms with Crippen LogP contribution in [0.5, 0.6) is 0 Å². The second kappa shape index (κ2) is 9.73. The van der Waals surface area contributed by atoms with Crippen LogP contribution in [-0.2, 0) is 4.79 Å². The number of anilines is 5. The Morgan fingerprint density at radius 2 is 1.81 bits per heavy atom. The summed E-state index contributed by atoms with van der Waals surface area (Å²) >= 11 is 6.28. The zero-order chi connectivity index (χ0) is 22.4. The highest BCUT2D eigenvalue weighted by Crippen LogP contribution is 2.29. The molecule has 31 heavy (non-hydrogen) atoms. The molecule has 2 aromatic carbocycles. The van der Waals surface area contributed by atoms with E-state index < -0.39 is 5.91 Å². The lowest BCUT2D eigenvalue weighted by atomic mass is 10.1. The summed E-state index contributed by atoms with van der Waals surface area (Å²) in [7, 11) is 0. The molecule has 3 rings (SSSR count). The molecule has 0 unspecified atom stereocenters. The summed E-state index contributed by atoms with van der Waals surface area (Å²) in [6, 6.07) is 12.2. The number of hydrogen-bond donors (Lipinski definition) is 4. The molecular formula is C22H21ClN6O2. The van der Waals surface area contributed by atoms with Crippen molar-refractivity contribution in [3.63, 3.8) is 0 Å². The fraction of sp³-hybridized carbons (Fsp3) is 0.0909. The molecule has 0 aliphatic heterocycles. The molecule has 2 amide bonds. The molecule has 0 bridgehead atoms. The van der Waals surface area contributed by atoms with Gasteiger partial charge in [-0.05, 0) is 49.8 Å². The second-order valence-electron chi connectivity index (χ2n) is 6.57. The maximum Gasteiger partial charge on any atom is 0.248 e. The van der Waals surface area contributed by atoms with E-state index in [2.05, 4.69) is 25.9 Å². The zero-order valence-electron chi connectivity index (χ0n) is 16.9. The minimum atomic E-state index is -0.529. The molecule has 0 fully saturated rings. The maximum atomic E-state index is 11.9. The second-order valence-corrected chi connectivity index (χ2v) is 6.98. The smallest absolute Gasteiger partial charge is 0.248 e. The first-order valence-corrected chi connectivity index (χ1v) is 9.75. The van der Waals surface area contributed by atoms with Crippen molar-refractivity contribution < 1.29 is 9.59 Å². The summed E-state index contributed by atoms with van der Waals surface area (Å²) in [5, 5.41) is 9.29. The van der Waals surface area contributed by atoms with Crippen molar-refractivity contribution in [2.45, 2.75) is 13.8 Å². The first kappa shape index (κ1) is 21.8. The van der Waals surface area contributed by atoms with Crippen LogP contribution in [0.4, 0.5) is 28.8 Å². The van der Waals surface area contributed by atoms with Crippen LogP contribution in [0, 0.1) is 6.92 Å². The van der Waals surface area contributed by atoms with Crippen molar-refractivity contribution in [3.05, 3.63) is 77.0 Å². The van der Waals surface area contributed by atoms with Crippen LogP contribution < -0.4 is 21.7 Å². The van der Waals surface area contributed by atoms with Crippen LogP contribution in [0.25, 0.3) is 0 Å². The number of primary amides is 1. The SMILES string of the molecule is CC=CC(=O)Nc1ccccc1Nc1nc(Nc2cc(C(N)=O)ccc2C)ncc1Cl. The molecule has 5 N–H and O–H groups in total. The number of benzene rings is 2. The van der Waals surface area contributed by atoms with Crippen molar-refractivity contribution >= 4 is 52.2 Å². The fourth-order valence-corrected chi connectivity index (χ4v) is 2.84. The highest BCUT2D eigenvalue weighted by Gasteiger charge is 2.11. The molecule has 158 valence electrons. The van der Waals surface area contributed by atoms with Crippen LogP contribution in [0.15, 0.2) is 60.8 Å². The normalized spacial score (nSPS) is 10.7. The average molecular weight is 437 g/mol. The van der Waals surface area contributed by atoms with Gasteiger partial charge in [-0.1, -0.05) is 35.9 Å². The van der Waals surface area contributed by atoms with E-state index in [0.717, 1.165) is 5.56 Å². The average Bonchev–Trinajstić information content (AvgIpc) is 2.73. The third-order valence-corrected chi connectivity index (χ3v) is 4.55. The predicted octanol–water partition coefficient (Wildman–Crippen LogP) is 4.54. The highest BCUT2D eigenvalue weighted by molar-refractivity contribution is 6.33. The Balaban J connectivity index is 1.87. The molecule has 0 aliphatic rings. The third-order valence-electron chi connectivity index (χ3n) is 4.27. The van der Waals surface area contributed by atoms with E-state index in [1.165, 1.54) is 12.3 Å². The topological polar surface area (TPSA) is 122 Å². The number of hydrogen-bond acceptors (Lipinski definition) is 6. The van der Waals surface area contributed by atoms with Gasteiger partial charge in [-0.25, -0.2) is 4.98 Å². The number of nitrogens with one attached hydrogen (secondary N) is 3. The van der Waals surface area contributed by atoms with Gasteiger partial charge in [0.05, 0.1) is 17.6 Å². The molecule has 1 aromatic heterocycles. The fourth-order valence-electron chi connectivity index (χ4n) is 2.70. The van der Waals surface area contributed by atoms with Gasteiger partial charge in [0, 0.05) is 11.3 Å². The van der Waals surface area contributed by atoms with Crippen LogP contribution in [0.2, 0.25) is 5.02 Å². The molecule has 8 nitrogen and oxygen atoms in total. The number of nitrogens with two attached hydrogens (primary N) is 1. The molecule has 0 saturated heterocycles. The molecule has 9 heteroatoms. The number of allylic oxidation sites excluding steroid dienone is 1. The minimum absolute atomic E-state index is 0.252. The largest absolute Gasteiger partial charge is 0.366 e. The molecule has 0 aliphatic carbocycles. The lowest BCUT2D eigenvalue weighted by molar-refractivity contribution is -0.111. The number of nitrogens with zero attached hydrogens (tertiary/aromatic N) is 2. The van der Waals surface area contributed by atoms with Crippen molar-refractivity contribution in [3.8, 4) is 0 Å². The van der Waals surface area contributed by atoms with Gasteiger partial charge in [-0.15, -0.1) is 0 Å². The molecular weight excluding hydrogens is 416 g/mol. The number of para-hydroxylation sites is 2.